The third-order valence-corrected chi connectivity index (χ3v) is 2.60. The van der Waals surface area contributed by atoms with E-state index < -0.39 is 6.03 Å². The molecular formula is C10H16ClN5O. The Bertz CT molecular complexity index is 427. The lowest BCUT2D eigenvalue weighted by Gasteiger charge is -2.00. The zero-order valence-electron chi connectivity index (χ0n) is 9.90. The van der Waals surface area contributed by atoms with Crippen LogP contribution in [0.3, 0.4) is 0 Å². The Balaban J connectivity index is 2.81. The minimum absolute atomic E-state index is 0.519. The lowest BCUT2D eigenvalue weighted by molar-refractivity contribution is 0.249. The number of hydrazone groups is 1. The molecule has 0 fully saturated rings. The summed E-state index contributed by atoms with van der Waals surface area (Å²) in [5, 5.41) is 8.48. The molecule has 1 aromatic heterocycles. The van der Waals surface area contributed by atoms with Crippen LogP contribution in [0, 0.1) is 6.92 Å². The molecule has 1 rings (SSSR count). The van der Waals surface area contributed by atoms with Crippen molar-refractivity contribution in [3.63, 3.8) is 0 Å². The first-order valence-corrected chi connectivity index (χ1v) is 5.75. The minimum atomic E-state index is -0.714. The molecule has 0 saturated heterocycles. The molecule has 2 amide bonds. The summed E-state index contributed by atoms with van der Waals surface area (Å²) in [5.74, 6) is 0. The van der Waals surface area contributed by atoms with Crippen LogP contribution in [0.5, 0.6) is 0 Å². The average molecular weight is 258 g/mol. The van der Waals surface area contributed by atoms with Gasteiger partial charge in [-0.3, -0.25) is 4.68 Å². The Labute approximate surface area is 105 Å². The van der Waals surface area contributed by atoms with Gasteiger partial charge in [0.05, 0.1) is 17.5 Å². The number of aromatic nitrogens is 2. The number of urea groups is 1. The van der Waals surface area contributed by atoms with E-state index in [4.69, 9.17) is 17.3 Å². The van der Waals surface area contributed by atoms with Gasteiger partial charge in [-0.1, -0.05) is 24.9 Å². The van der Waals surface area contributed by atoms with Gasteiger partial charge in [-0.15, -0.1) is 0 Å². The summed E-state index contributed by atoms with van der Waals surface area (Å²) in [5.41, 5.74) is 8.46. The molecular weight excluding hydrogens is 242 g/mol. The largest absolute Gasteiger partial charge is 0.350 e. The maximum atomic E-state index is 10.4. The Morgan fingerprint density at radius 2 is 2.41 bits per heavy atom. The van der Waals surface area contributed by atoms with Gasteiger partial charge in [0.1, 0.15) is 5.15 Å². The number of carbonyl (C=O) groups is 1. The zero-order chi connectivity index (χ0) is 12.8. The fourth-order valence-corrected chi connectivity index (χ4v) is 1.64. The van der Waals surface area contributed by atoms with Crippen molar-refractivity contribution >= 4 is 23.8 Å². The molecule has 0 unspecified atom stereocenters. The molecule has 7 heteroatoms. The quantitative estimate of drug-likeness (QED) is 0.621. The first kappa shape index (κ1) is 13.5. The molecule has 0 aliphatic heterocycles. The van der Waals surface area contributed by atoms with E-state index in [1.165, 1.54) is 6.21 Å². The number of carbonyl (C=O) groups excluding carboxylic acids is 1. The van der Waals surface area contributed by atoms with Crippen LogP contribution >= 0.6 is 11.6 Å². The SMILES string of the molecule is CCCCn1nc(C)c(/C=N\NC(N)=O)c1Cl. The molecule has 94 valence electrons. The number of halogens is 1. The van der Waals surface area contributed by atoms with Crippen LogP contribution in [0.1, 0.15) is 31.0 Å². The van der Waals surface area contributed by atoms with E-state index in [1.54, 1.807) is 4.68 Å². The monoisotopic (exact) mass is 257 g/mol. The van der Waals surface area contributed by atoms with Crippen molar-refractivity contribution in [3.8, 4) is 0 Å². The van der Waals surface area contributed by atoms with E-state index in [-0.39, 0.29) is 0 Å². The number of primary amides is 1. The van der Waals surface area contributed by atoms with Crippen LogP contribution in [0.4, 0.5) is 4.79 Å². The molecule has 0 spiro atoms. The highest BCUT2D eigenvalue weighted by molar-refractivity contribution is 6.32. The summed E-state index contributed by atoms with van der Waals surface area (Å²) in [7, 11) is 0. The van der Waals surface area contributed by atoms with E-state index in [2.05, 4.69) is 22.5 Å². The number of hydrogen-bond donors (Lipinski definition) is 2. The van der Waals surface area contributed by atoms with Crippen molar-refractivity contribution < 1.29 is 4.79 Å². The highest BCUT2D eigenvalue weighted by Gasteiger charge is 2.10. The number of unbranched alkanes of at least 4 members (excludes halogenated alkanes) is 1. The van der Waals surface area contributed by atoms with Gasteiger partial charge in [-0.05, 0) is 13.3 Å². The maximum absolute atomic E-state index is 10.4. The number of aryl methyl sites for hydroxylation is 2. The first-order valence-electron chi connectivity index (χ1n) is 5.37. The van der Waals surface area contributed by atoms with Gasteiger partial charge in [0, 0.05) is 6.54 Å². The number of rotatable bonds is 5. The number of nitrogens with zero attached hydrogens (tertiary/aromatic N) is 3. The van der Waals surface area contributed by atoms with Crippen molar-refractivity contribution in [2.45, 2.75) is 33.2 Å². The minimum Gasteiger partial charge on any atom is -0.350 e. The van der Waals surface area contributed by atoms with Gasteiger partial charge in [-0.25, -0.2) is 10.2 Å². The lowest BCUT2D eigenvalue weighted by atomic mass is 10.3. The second kappa shape index (κ2) is 6.24. The van der Waals surface area contributed by atoms with Gasteiger partial charge in [0.15, 0.2) is 0 Å². The molecule has 0 bridgehead atoms. The van der Waals surface area contributed by atoms with E-state index in [0.29, 0.717) is 10.7 Å². The van der Waals surface area contributed by atoms with Crippen LogP contribution < -0.4 is 11.2 Å². The molecule has 0 saturated carbocycles. The first-order chi connectivity index (χ1) is 8.06. The van der Waals surface area contributed by atoms with Crippen molar-refractivity contribution in [3.05, 3.63) is 16.4 Å². The van der Waals surface area contributed by atoms with Crippen LogP contribution in [-0.4, -0.2) is 22.0 Å². The van der Waals surface area contributed by atoms with Crippen LogP contribution in [-0.2, 0) is 6.54 Å². The van der Waals surface area contributed by atoms with Crippen molar-refractivity contribution in [2.24, 2.45) is 10.8 Å². The highest BCUT2D eigenvalue weighted by Crippen LogP contribution is 2.18. The van der Waals surface area contributed by atoms with E-state index in [0.717, 1.165) is 25.1 Å². The van der Waals surface area contributed by atoms with Gasteiger partial charge < -0.3 is 5.73 Å². The summed E-state index contributed by atoms with van der Waals surface area (Å²) in [6.07, 6.45) is 3.52. The summed E-state index contributed by atoms with van der Waals surface area (Å²) in [4.78, 5) is 10.4. The second-order valence-electron chi connectivity index (χ2n) is 3.60. The Kier molecular flexibility index (Phi) is 4.96. The molecule has 0 aliphatic rings. The molecule has 0 atom stereocenters. The number of nitrogens with one attached hydrogen (secondary N) is 1. The molecule has 1 aromatic rings. The highest BCUT2D eigenvalue weighted by atomic mass is 35.5. The Hall–Kier alpha value is -1.56. The molecule has 3 N–H and O–H groups in total. The standard InChI is InChI=1S/C10H16ClN5O/c1-3-4-5-16-9(11)8(7(2)15-16)6-13-14-10(12)17/h6H,3-5H2,1-2H3,(H3,12,14,17)/b13-6-. The van der Waals surface area contributed by atoms with Crippen molar-refractivity contribution in [2.75, 3.05) is 0 Å². The number of hydrogen-bond acceptors (Lipinski definition) is 3. The summed E-state index contributed by atoms with van der Waals surface area (Å²) in [6.45, 7) is 4.70. The molecule has 1 heterocycles. The maximum Gasteiger partial charge on any atom is 0.332 e. The van der Waals surface area contributed by atoms with E-state index in [9.17, 15) is 4.79 Å². The molecule has 0 aromatic carbocycles. The van der Waals surface area contributed by atoms with Crippen LogP contribution in [0.25, 0.3) is 0 Å². The van der Waals surface area contributed by atoms with Gasteiger partial charge in [0.2, 0.25) is 0 Å². The normalized spacial score (nSPS) is 11.0. The van der Waals surface area contributed by atoms with Crippen LogP contribution in [0.2, 0.25) is 5.15 Å². The second-order valence-corrected chi connectivity index (χ2v) is 3.96. The van der Waals surface area contributed by atoms with Crippen molar-refractivity contribution in [1.29, 1.82) is 0 Å². The summed E-state index contributed by atoms with van der Waals surface area (Å²) >= 11 is 6.15. The van der Waals surface area contributed by atoms with Crippen LogP contribution in [0.15, 0.2) is 5.10 Å². The summed E-state index contributed by atoms with van der Waals surface area (Å²) in [6, 6.07) is -0.714. The third kappa shape index (κ3) is 3.74. The van der Waals surface area contributed by atoms with Gasteiger partial charge in [-0.2, -0.15) is 10.2 Å². The molecule has 6 nitrogen and oxygen atoms in total. The molecule has 17 heavy (non-hydrogen) atoms. The van der Waals surface area contributed by atoms with Gasteiger partial charge in [0.25, 0.3) is 0 Å². The van der Waals surface area contributed by atoms with Crippen molar-refractivity contribution in [1.82, 2.24) is 15.2 Å². The Morgan fingerprint density at radius 1 is 1.71 bits per heavy atom. The molecule has 0 radical (unpaired) electrons. The topological polar surface area (TPSA) is 85.3 Å². The van der Waals surface area contributed by atoms with E-state index in [1.807, 2.05) is 6.92 Å². The Morgan fingerprint density at radius 3 is 3.00 bits per heavy atom. The molecule has 0 aliphatic carbocycles. The smallest absolute Gasteiger partial charge is 0.332 e. The van der Waals surface area contributed by atoms with Gasteiger partial charge >= 0.3 is 6.03 Å². The fraction of sp³-hybridized carbons (Fsp3) is 0.500. The number of amides is 2. The zero-order valence-corrected chi connectivity index (χ0v) is 10.7. The predicted octanol–water partition coefficient (Wildman–Crippen LogP) is 1.65. The lowest BCUT2D eigenvalue weighted by Crippen LogP contribution is -2.24. The van der Waals surface area contributed by atoms with E-state index >= 15 is 0 Å². The average Bonchev–Trinajstić information content (AvgIpc) is 2.53. The predicted molar refractivity (Wildman–Crippen MR) is 67.2 cm³/mol. The summed E-state index contributed by atoms with van der Waals surface area (Å²) < 4.78 is 1.73. The number of nitrogens with two attached hydrogens (primary N) is 1. The third-order valence-electron chi connectivity index (χ3n) is 2.20. The fourth-order valence-electron chi connectivity index (χ4n) is 1.33.